The summed E-state index contributed by atoms with van der Waals surface area (Å²) in [5.41, 5.74) is 7.72. The van der Waals surface area contributed by atoms with Crippen LogP contribution in [0.2, 0.25) is 5.15 Å². The molecule has 0 aliphatic carbocycles. The molecule has 106 valence electrons. The predicted molar refractivity (Wildman–Crippen MR) is 78.2 cm³/mol. The number of hydrogen-bond donors (Lipinski definition) is 2. The summed E-state index contributed by atoms with van der Waals surface area (Å²) in [5.74, 6) is 0.0760. The third kappa shape index (κ3) is 3.00. The fraction of sp³-hybridized carbons (Fsp3) is 0.167. The fourth-order valence-corrected chi connectivity index (χ4v) is 2.90. The molecule has 0 aliphatic heterocycles. The first-order chi connectivity index (χ1) is 9.29. The minimum Gasteiger partial charge on any atom is -0.398 e. The number of sulfonamides is 1. The van der Waals surface area contributed by atoms with E-state index in [1.165, 1.54) is 18.2 Å². The van der Waals surface area contributed by atoms with E-state index in [0.29, 0.717) is 0 Å². The van der Waals surface area contributed by atoms with Gasteiger partial charge in [-0.25, -0.2) is 8.42 Å². The Kier molecular flexibility index (Phi) is 3.82. The summed E-state index contributed by atoms with van der Waals surface area (Å²) >= 11 is 5.59. The van der Waals surface area contributed by atoms with Gasteiger partial charge in [0.1, 0.15) is 4.90 Å². The molecule has 1 aromatic carbocycles. The predicted octanol–water partition coefficient (Wildman–Crippen LogP) is 2.13. The SMILES string of the molecule is Cc1cc(N)c(S(=O)(=O)Nc2ccc(Cl)nn2)cc1C. The van der Waals surface area contributed by atoms with Crippen LogP contribution in [0.3, 0.4) is 0 Å². The first-order valence-electron chi connectivity index (χ1n) is 5.68. The molecule has 0 saturated heterocycles. The maximum absolute atomic E-state index is 12.3. The molecular formula is C12H13ClN4O2S. The zero-order valence-corrected chi connectivity index (χ0v) is 12.5. The molecular weight excluding hydrogens is 300 g/mol. The van der Waals surface area contributed by atoms with Crippen molar-refractivity contribution in [3.8, 4) is 0 Å². The maximum atomic E-state index is 12.3. The van der Waals surface area contributed by atoms with E-state index < -0.39 is 10.0 Å². The van der Waals surface area contributed by atoms with Crippen LogP contribution < -0.4 is 10.5 Å². The smallest absolute Gasteiger partial charge is 0.265 e. The van der Waals surface area contributed by atoms with Crippen molar-refractivity contribution in [2.75, 3.05) is 10.5 Å². The molecule has 0 spiro atoms. The summed E-state index contributed by atoms with van der Waals surface area (Å²) in [5, 5.41) is 7.39. The van der Waals surface area contributed by atoms with Gasteiger partial charge in [0, 0.05) is 0 Å². The zero-order valence-electron chi connectivity index (χ0n) is 10.9. The summed E-state index contributed by atoms with van der Waals surface area (Å²) in [6.07, 6.45) is 0. The second kappa shape index (κ2) is 5.26. The van der Waals surface area contributed by atoms with E-state index in [4.69, 9.17) is 17.3 Å². The summed E-state index contributed by atoms with van der Waals surface area (Å²) in [7, 11) is -3.82. The topological polar surface area (TPSA) is 98.0 Å². The Morgan fingerprint density at radius 1 is 1.15 bits per heavy atom. The molecule has 1 heterocycles. The standard InChI is InChI=1S/C12H13ClN4O2S/c1-7-5-9(14)10(6-8(7)2)20(18,19)17-12-4-3-11(13)15-16-12/h3-6H,14H2,1-2H3,(H,16,17). The van der Waals surface area contributed by atoms with Crippen molar-refractivity contribution in [2.24, 2.45) is 0 Å². The number of rotatable bonds is 3. The van der Waals surface area contributed by atoms with E-state index in [0.717, 1.165) is 11.1 Å². The van der Waals surface area contributed by atoms with Crippen LogP contribution in [0.25, 0.3) is 0 Å². The molecule has 0 amide bonds. The number of aryl methyl sites for hydroxylation is 2. The molecule has 3 N–H and O–H groups in total. The molecule has 2 rings (SSSR count). The van der Waals surface area contributed by atoms with Crippen LogP contribution in [0.1, 0.15) is 11.1 Å². The molecule has 8 heteroatoms. The van der Waals surface area contributed by atoms with Gasteiger partial charge in [-0.3, -0.25) is 4.72 Å². The average Bonchev–Trinajstić information content (AvgIpc) is 2.36. The highest BCUT2D eigenvalue weighted by molar-refractivity contribution is 7.92. The number of aromatic nitrogens is 2. The van der Waals surface area contributed by atoms with E-state index in [-0.39, 0.29) is 21.6 Å². The molecule has 6 nitrogen and oxygen atoms in total. The van der Waals surface area contributed by atoms with Gasteiger partial charge in [0.2, 0.25) is 0 Å². The van der Waals surface area contributed by atoms with Gasteiger partial charge < -0.3 is 5.73 Å². The van der Waals surface area contributed by atoms with Gasteiger partial charge in [0.15, 0.2) is 11.0 Å². The van der Waals surface area contributed by atoms with E-state index >= 15 is 0 Å². The number of nitrogens with one attached hydrogen (secondary N) is 1. The van der Waals surface area contributed by atoms with Crippen molar-refractivity contribution in [1.82, 2.24) is 10.2 Å². The third-order valence-electron chi connectivity index (χ3n) is 2.79. The van der Waals surface area contributed by atoms with Crippen molar-refractivity contribution in [3.63, 3.8) is 0 Å². The zero-order chi connectivity index (χ0) is 14.9. The third-order valence-corrected chi connectivity index (χ3v) is 4.40. The molecule has 0 atom stereocenters. The van der Waals surface area contributed by atoms with Gasteiger partial charge in [0.25, 0.3) is 10.0 Å². The number of hydrogen-bond acceptors (Lipinski definition) is 5. The second-order valence-corrected chi connectivity index (χ2v) is 6.36. The lowest BCUT2D eigenvalue weighted by atomic mass is 10.1. The number of nitrogens with two attached hydrogens (primary N) is 1. The molecule has 0 fully saturated rings. The number of anilines is 2. The highest BCUT2D eigenvalue weighted by Gasteiger charge is 2.19. The van der Waals surface area contributed by atoms with Crippen molar-refractivity contribution < 1.29 is 8.42 Å². The van der Waals surface area contributed by atoms with Crippen molar-refractivity contribution in [2.45, 2.75) is 18.7 Å². The molecule has 0 radical (unpaired) electrons. The normalized spacial score (nSPS) is 11.3. The van der Waals surface area contributed by atoms with E-state index in [1.54, 1.807) is 6.07 Å². The molecule has 0 aliphatic rings. The Morgan fingerprint density at radius 2 is 1.80 bits per heavy atom. The van der Waals surface area contributed by atoms with Gasteiger partial charge >= 0.3 is 0 Å². The highest BCUT2D eigenvalue weighted by atomic mass is 35.5. The molecule has 0 saturated carbocycles. The molecule has 1 aromatic heterocycles. The number of nitrogen functional groups attached to an aromatic ring is 1. The van der Waals surface area contributed by atoms with Crippen LogP contribution in [0, 0.1) is 13.8 Å². The van der Waals surface area contributed by atoms with Crippen LogP contribution in [-0.2, 0) is 10.0 Å². The Labute approximate surface area is 122 Å². The lowest BCUT2D eigenvalue weighted by Gasteiger charge is -2.11. The monoisotopic (exact) mass is 312 g/mol. The van der Waals surface area contributed by atoms with Crippen LogP contribution >= 0.6 is 11.6 Å². The van der Waals surface area contributed by atoms with Crippen LogP contribution in [0.5, 0.6) is 0 Å². The summed E-state index contributed by atoms with van der Waals surface area (Å²) in [6.45, 7) is 3.68. The van der Waals surface area contributed by atoms with Crippen molar-refractivity contribution in [1.29, 1.82) is 0 Å². The Balaban J connectivity index is 2.40. The molecule has 0 unspecified atom stereocenters. The van der Waals surface area contributed by atoms with Gasteiger partial charge in [0.05, 0.1) is 5.69 Å². The van der Waals surface area contributed by atoms with Crippen molar-refractivity contribution >= 4 is 33.1 Å². The van der Waals surface area contributed by atoms with Gasteiger partial charge in [-0.2, -0.15) is 0 Å². The summed E-state index contributed by atoms with van der Waals surface area (Å²) in [6, 6.07) is 6.01. The van der Waals surface area contributed by atoms with Crippen LogP contribution in [0.15, 0.2) is 29.2 Å². The lowest BCUT2D eigenvalue weighted by molar-refractivity contribution is 0.601. The largest absolute Gasteiger partial charge is 0.398 e. The first-order valence-corrected chi connectivity index (χ1v) is 7.54. The van der Waals surface area contributed by atoms with Crippen LogP contribution in [-0.4, -0.2) is 18.6 Å². The number of halogens is 1. The quantitative estimate of drug-likeness (QED) is 0.846. The number of benzene rings is 1. The van der Waals surface area contributed by atoms with Gasteiger partial charge in [-0.05, 0) is 49.2 Å². The second-order valence-electron chi connectivity index (χ2n) is 4.32. The van der Waals surface area contributed by atoms with Gasteiger partial charge in [-0.15, -0.1) is 10.2 Å². The molecule has 0 bridgehead atoms. The number of nitrogens with zero attached hydrogens (tertiary/aromatic N) is 2. The summed E-state index contributed by atoms with van der Waals surface area (Å²) in [4.78, 5) is 0.0114. The molecule has 2 aromatic rings. The van der Waals surface area contributed by atoms with Gasteiger partial charge in [-0.1, -0.05) is 11.6 Å². The average molecular weight is 313 g/mol. The van der Waals surface area contributed by atoms with E-state index in [2.05, 4.69) is 14.9 Å². The van der Waals surface area contributed by atoms with Crippen LogP contribution in [0.4, 0.5) is 11.5 Å². The summed E-state index contributed by atoms with van der Waals surface area (Å²) < 4.78 is 26.9. The lowest BCUT2D eigenvalue weighted by Crippen LogP contribution is -2.16. The highest BCUT2D eigenvalue weighted by Crippen LogP contribution is 2.24. The fourth-order valence-electron chi connectivity index (χ4n) is 1.61. The minimum absolute atomic E-state index is 0.0114. The van der Waals surface area contributed by atoms with Crippen molar-refractivity contribution in [3.05, 3.63) is 40.5 Å². The Morgan fingerprint density at radius 3 is 2.40 bits per heavy atom. The Hall–Kier alpha value is -1.86. The minimum atomic E-state index is -3.82. The van der Waals surface area contributed by atoms with E-state index in [9.17, 15) is 8.42 Å². The maximum Gasteiger partial charge on any atom is 0.265 e. The first kappa shape index (κ1) is 14.5. The van der Waals surface area contributed by atoms with E-state index in [1.807, 2.05) is 13.8 Å². The Bertz CT molecular complexity index is 745. The molecule has 20 heavy (non-hydrogen) atoms.